The Bertz CT molecular complexity index is 971. The van der Waals surface area contributed by atoms with E-state index in [0.717, 1.165) is 24.8 Å². The van der Waals surface area contributed by atoms with Crippen LogP contribution < -0.4 is 5.32 Å². The standard InChI is InChI=1S/C25H29N3O3/c29-23(15-7-16-24-27-28-25(31-24)20-10-2-1-3-11-20)26-17-8-18-30-22-14-6-12-19-9-4-5-13-21(19)22/h1-5,9-11,13,22H,6-8,12,14-18H2,(H,26,29). The van der Waals surface area contributed by atoms with E-state index in [2.05, 4.69) is 39.8 Å². The molecular formula is C25H29N3O3. The highest BCUT2D eigenvalue weighted by Gasteiger charge is 2.19. The maximum Gasteiger partial charge on any atom is 0.247 e. The molecule has 0 radical (unpaired) electrons. The summed E-state index contributed by atoms with van der Waals surface area (Å²) in [4.78, 5) is 12.1. The van der Waals surface area contributed by atoms with E-state index in [0.29, 0.717) is 44.2 Å². The summed E-state index contributed by atoms with van der Waals surface area (Å²) in [6.45, 7) is 1.29. The van der Waals surface area contributed by atoms with Gasteiger partial charge >= 0.3 is 0 Å². The van der Waals surface area contributed by atoms with Crippen molar-refractivity contribution in [2.24, 2.45) is 0 Å². The van der Waals surface area contributed by atoms with Crippen LogP contribution in [-0.4, -0.2) is 29.3 Å². The summed E-state index contributed by atoms with van der Waals surface area (Å²) in [7, 11) is 0. The van der Waals surface area contributed by atoms with Crippen LogP contribution in [0.15, 0.2) is 59.0 Å². The fraction of sp³-hybridized carbons (Fsp3) is 0.400. The van der Waals surface area contributed by atoms with Gasteiger partial charge in [0, 0.05) is 31.6 Å². The van der Waals surface area contributed by atoms with E-state index in [1.807, 2.05) is 30.3 Å². The first kappa shape index (κ1) is 21.2. The molecule has 31 heavy (non-hydrogen) atoms. The summed E-state index contributed by atoms with van der Waals surface area (Å²) in [6, 6.07) is 18.2. The van der Waals surface area contributed by atoms with E-state index in [9.17, 15) is 4.79 Å². The number of carbonyl (C=O) groups is 1. The first-order valence-electron chi connectivity index (χ1n) is 11.1. The molecule has 1 heterocycles. The van der Waals surface area contributed by atoms with Crippen LogP contribution >= 0.6 is 0 Å². The van der Waals surface area contributed by atoms with E-state index in [1.165, 1.54) is 17.5 Å². The SMILES string of the molecule is O=C(CCCc1nnc(-c2ccccc2)o1)NCCCOC1CCCc2ccccc21. The van der Waals surface area contributed by atoms with Gasteiger partial charge in [0.15, 0.2) is 0 Å². The number of aromatic nitrogens is 2. The molecule has 0 saturated heterocycles. The van der Waals surface area contributed by atoms with Gasteiger partial charge < -0.3 is 14.5 Å². The lowest BCUT2D eigenvalue weighted by Crippen LogP contribution is -2.25. The van der Waals surface area contributed by atoms with E-state index in [4.69, 9.17) is 9.15 Å². The Hall–Kier alpha value is -2.99. The van der Waals surface area contributed by atoms with Crippen molar-refractivity contribution in [3.8, 4) is 11.5 Å². The van der Waals surface area contributed by atoms with Crippen LogP contribution in [0, 0.1) is 0 Å². The summed E-state index contributed by atoms with van der Waals surface area (Å²) < 4.78 is 11.8. The van der Waals surface area contributed by atoms with Crippen LogP contribution in [0.3, 0.4) is 0 Å². The zero-order valence-corrected chi connectivity index (χ0v) is 17.8. The maximum absolute atomic E-state index is 12.1. The molecule has 1 N–H and O–H groups in total. The third-order valence-corrected chi connectivity index (χ3v) is 5.56. The molecule has 1 aliphatic rings. The summed E-state index contributed by atoms with van der Waals surface area (Å²) in [5, 5.41) is 11.1. The molecule has 1 aliphatic carbocycles. The van der Waals surface area contributed by atoms with Gasteiger partial charge in [0.05, 0.1) is 6.10 Å². The smallest absolute Gasteiger partial charge is 0.247 e. The van der Waals surface area contributed by atoms with Crippen molar-refractivity contribution >= 4 is 5.91 Å². The number of aryl methyl sites for hydroxylation is 2. The second-order valence-electron chi connectivity index (χ2n) is 7.87. The Labute approximate surface area is 183 Å². The van der Waals surface area contributed by atoms with Gasteiger partial charge in [0.2, 0.25) is 17.7 Å². The Morgan fingerprint density at radius 2 is 1.90 bits per heavy atom. The Morgan fingerprint density at radius 3 is 2.81 bits per heavy atom. The molecular weight excluding hydrogens is 390 g/mol. The summed E-state index contributed by atoms with van der Waals surface area (Å²) in [5.41, 5.74) is 3.64. The van der Waals surface area contributed by atoms with Crippen molar-refractivity contribution in [3.63, 3.8) is 0 Å². The first-order chi connectivity index (χ1) is 15.3. The number of nitrogens with zero attached hydrogens (tertiary/aromatic N) is 2. The van der Waals surface area contributed by atoms with Gasteiger partial charge in [0.25, 0.3) is 0 Å². The molecule has 2 aromatic carbocycles. The number of ether oxygens (including phenoxy) is 1. The van der Waals surface area contributed by atoms with Gasteiger partial charge in [-0.25, -0.2) is 0 Å². The van der Waals surface area contributed by atoms with Crippen LogP contribution in [-0.2, 0) is 22.4 Å². The average molecular weight is 420 g/mol. The van der Waals surface area contributed by atoms with E-state index >= 15 is 0 Å². The van der Waals surface area contributed by atoms with Gasteiger partial charge in [-0.2, -0.15) is 0 Å². The van der Waals surface area contributed by atoms with Crippen LogP contribution in [0.1, 0.15) is 55.2 Å². The largest absolute Gasteiger partial charge is 0.421 e. The summed E-state index contributed by atoms with van der Waals surface area (Å²) >= 11 is 0. The van der Waals surface area contributed by atoms with Gasteiger partial charge in [-0.15, -0.1) is 10.2 Å². The van der Waals surface area contributed by atoms with Gasteiger partial charge in [-0.1, -0.05) is 42.5 Å². The number of benzene rings is 2. The number of hydrogen-bond donors (Lipinski definition) is 1. The molecule has 3 aromatic rings. The predicted octanol–water partition coefficient (Wildman–Crippen LogP) is 4.66. The van der Waals surface area contributed by atoms with Crippen molar-refractivity contribution in [1.82, 2.24) is 15.5 Å². The molecule has 162 valence electrons. The Balaban J connectivity index is 1.10. The monoisotopic (exact) mass is 419 g/mol. The van der Waals surface area contributed by atoms with Crippen LogP contribution in [0.5, 0.6) is 0 Å². The minimum atomic E-state index is 0.0470. The number of nitrogens with one attached hydrogen (secondary N) is 1. The molecule has 6 nitrogen and oxygen atoms in total. The molecule has 0 saturated carbocycles. The van der Waals surface area contributed by atoms with Crippen molar-refractivity contribution in [2.45, 2.75) is 51.0 Å². The third-order valence-electron chi connectivity index (χ3n) is 5.56. The van der Waals surface area contributed by atoms with Gasteiger partial charge in [0.1, 0.15) is 0 Å². The zero-order chi connectivity index (χ0) is 21.3. The molecule has 1 aromatic heterocycles. The molecule has 0 aliphatic heterocycles. The molecule has 0 spiro atoms. The third kappa shape index (κ3) is 6.01. The molecule has 1 unspecified atom stereocenters. The zero-order valence-electron chi connectivity index (χ0n) is 17.8. The molecule has 1 amide bonds. The number of rotatable bonds is 10. The quantitative estimate of drug-likeness (QED) is 0.484. The fourth-order valence-corrected chi connectivity index (χ4v) is 3.95. The second kappa shape index (κ2) is 10.9. The number of fused-ring (bicyclic) bond motifs is 1. The minimum Gasteiger partial charge on any atom is -0.421 e. The van der Waals surface area contributed by atoms with Crippen LogP contribution in [0.25, 0.3) is 11.5 Å². The van der Waals surface area contributed by atoms with Crippen molar-refractivity contribution in [3.05, 3.63) is 71.6 Å². The lowest BCUT2D eigenvalue weighted by atomic mass is 9.89. The number of carbonyl (C=O) groups excluding carboxylic acids is 1. The van der Waals surface area contributed by atoms with Crippen LogP contribution in [0.4, 0.5) is 0 Å². The Kier molecular flexibility index (Phi) is 7.45. The highest BCUT2D eigenvalue weighted by molar-refractivity contribution is 5.75. The lowest BCUT2D eigenvalue weighted by molar-refractivity contribution is -0.121. The normalized spacial score (nSPS) is 15.4. The van der Waals surface area contributed by atoms with E-state index < -0.39 is 0 Å². The maximum atomic E-state index is 12.1. The molecule has 1 atom stereocenters. The van der Waals surface area contributed by atoms with Crippen molar-refractivity contribution in [2.75, 3.05) is 13.2 Å². The van der Waals surface area contributed by atoms with Gasteiger partial charge in [-0.05, 0) is 55.4 Å². The first-order valence-corrected chi connectivity index (χ1v) is 11.1. The Morgan fingerprint density at radius 1 is 1.06 bits per heavy atom. The van der Waals surface area contributed by atoms with E-state index in [-0.39, 0.29) is 12.0 Å². The van der Waals surface area contributed by atoms with E-state index in [1.54, 1.807) is 0 Å². The van der Waals surface area contributed by atoms with Crippen LogP contribution in [0.2, 0.25) is 0 Å². The highest BCUT2D eigenvalue weighted by Crippen LogP contribution is 2.32. The van der Waals surface area contributed by atoms with Crippen molar-refractivity contribution < 1.29 is 13.9 Å². The minimum absolute atomic E-state index is 0.0470. The molecule has 0 bridgehead atoms. The number of amides is 1. The number of hydrogen-bond acceptors (Lipinski definition) is 5. The average Bonchev–Trinajstić information content (AvgIpc) is 3.28. The fourth-order valence-electron chi connectivity index (χ4n) is 3.95. The molecule has 0 fully saturated rings. The summed E-state index contributed by atoms with van der Waals surface area (Å²) in [6.07, 6.45) is 6.11. The topological polar surface area (TPSA) is 77.2 Å². The van der Waals surface area contributed by atoms with Gasteiger partial charge in [-0.3, -0.25) is 4.79 Å². The highest BCUT2D eigenvalue weighted by atomic mass is 16.5. The van der Waals surface area contributed by atoms with Crippen molar-refractivity contribution in [1.29, 1.82) is 0 Å². The predicted molar refractivity (Wildman–Crippen MR) is 118 cm³/mol. The molecule has 6 heteroatoms. The lowest BCUT2D eigenvalue weighted by Gasteiger charge is -2.25. The molecule has 4 rings (SSSR count). The second-order valence-corrected chi connectivity index (χ2v) is 7.87. The summed E-state index contributed by atoms with van der Waals surface area (Å²) in [5.74, 6) is 1.12.